The predicted octanol–water partition coefficient (Wildman–Crippen LogP) is 3.39. The van der Waals surface area contributed by atoms with Crippen molar-refractivity contribution in [3.8, 4) is 0 Å². The molecule has 0 aliphatic rings. The highest BCUT2D eigenvalue weighted by Gasteiger charge is 2.33. The van der Waals surface area contributed by atoms with Crippen molar-refractivity contribution in [2.24, 2.45) is 0 Å². The van der Waals surface area contributed by atoms with Crippen LogP contribution in [-0.4, -0.2) is 21.0 Å². The van der Waals surface area contributed by atoms with E-state index in [9.17, 15) is 18.0 Å². The minimum atomic E-state index is -4.62. The molecular formula is C13H9ClF3N3O. The SMILES string of the molecule is Cc1cc(C(=O)c2ccc(C(F)(F)F)nc2Cl)c(C)nn1. The van der Waals surface area contributed by atoms with Crippen molar-refractivity contribution in [1.82, 2.24) is 15.2 Å². The molecule has 2 aromatic rings. The molecule has 0 N–H and O–H groups in total. The van der Waals surface area contributed by atoms with E-state index in [1.165, 1.54) is 6.07 Å². The Kier molecular flexibility index (Phi) is 3.95. The lowest BCUT2D eigenvalue weighted by Gasteiger charge is -2.09. The molecule has 8 heteroatoms. The molecule has 0 atom stereocenters. The second-order valence-electron chi connectivity index (χ2n) is 4.35. The summed E-state index contributed by atoms with van der Waals surface area (Å²) in [6.45, 7) is 3.22. The minimum absolute atomic E-state index is 0.111. The molecule has 0 bridgehead atoms. The molecule has 0 amide bonds. The van der Waals surface area contributed by atoms with Gasteiger partial charge in [0.15, 0.2) is 5.78 Å². The average molecular weight is 316 g/mol. The van der Waals surface area contributed by atoms with Crippen LogP contribution in [0.4, 0.5) is 13.2 Å². The molecule has 0 fully saturated rings. The van der Waals surface area contributed by atoms with E-state index in [1.54, 1.807) is 13.8 Å². The Bertz CT molecular complexity index is 716. The van der Waals surface area contributed by atoms with Gasteiger partial charge in [0.25, 0.3) is 0 Å². The molecule has 110 valence electrons. The normalized spacial score (nSPS) is 11.5. The molecule has 0 aliphatic heterocycles. The number of alkyl halides is 3. The molecule has 0 aromatic carbocycles. The van der Waals surface area contributed by atoms with Crippen molar-refractivity contribution >= 4 is 17.4 Å². The van der Waals surface area contributed by atoms with Crippen LogP contribution in [0.5, 0.6) is 0 Å². The van der Waals surface area contributed by atoms with Gasteiger partial charge in [0.2, 0.25) is 0 Å². The fourth-order valence-corrected chi connectivity index (χ4v) is 1.93. The van der Waals surface area contributed by atoms with Gasteiger partial charge in [0.1, 0.15) is 10.8 Å². The van der Waals surface area contributed by atoms with Crippen molar-refractivity contribution in [3.63, 3.8) is 0 Å². The summed E-state index contributed by atoms with van der Waals surface area (Å²) in [4.78, 5) is 15.6. The molecule has 0 unspecified atom stereocenters. The number of rotatable bonds is 2. The summed E-state index contributed by atoms with van der Waals surface area (Å²) in [5.74, 6) is -0.545. The maximum atomic E-state index is 12.5. The van der Waals surface area contributed by atoms with Crippen molar-refractivity contribution in [3.05, 3.63) is 51.6 Å². The second-order valence-corrected chi connectivity index (χ2v) is 4.70. The topological polar surface area (TPSA) is 55.7 Å². The average Bonchev–Trinajstić information content (AvgIpc) is 2.39. The number of carbonyl (C=O) groups excluding carboxylic acids is 1. The van der Waals surface area contributed by atoms with Gasteiger partial charge in [-0.1, -0.05) is 11.6 Å². The van der Waals surface area contributed by atoms with Crippen molar-refractivity contribution in [1.29, 1.82) is 0 Å². The highest BCUT2D eigenvalue weighted by Crippen LogP contribution is 2.30. The van der Waals surface area contributed by atoms with Crippen LogP contribution in [0.3, 0.4) is 0 Å². The summed E-state index contributed by atoms with van der Waals surface area (Å²) in [5, 5.41) is 7.09. The minimum Gasteiger partial charge on any atom is -0.288 e. The summed E-state index contributed by atoms with van der Waals surface area (Å²) < 4.78 is 37.5. The molecule has 2 rings (SSSR count). The summed E-state index contributed by atoms with van der Waals surface area (Å²) in [5.41, 5.74) is -0.155. The molecule has 0 saturated carbocycles. The molecule has 2 heterocycles. The number of hydrogen-bond donors (Lipinski definition) is 0. The van der Waals surface area contributed by atoms with E-state index in [2.05, 4.69) is 15.2 Å². The van der Waals surface area contributed by atoms with Gasteiger partial charge in [-0.15, -0.1) is 0 Å². The summed E-state index contributed by atoms with van der Waals surface area (Å²) in [7, 11) is 0. The summed E-state index contributed by atoms with van der Waals surface area (Å²) in [6.07, 6.45) is -4.62. The van der Waals surface area contributed by atoms with Crippen LogP contribution >= 0.6 is 11.6 Å². The lowest BCUT2D eigenvalue weighted by atomic mass is 10.0. The van der Waals surface area contributed by atoms with Gasteiger partial charge >= 0.3 is 6.18 Å². The smallest absolute Gasteiger partial charge is 0.288 e. The van der Waals surface area contributed by atoms with Crippen LogP contribution in [0.1, 0.15) is 33.0 Å². The third kappa shape index (κ3) is 3.18. The van der Waals surface area contributed by atoms with E-state index in [0.717, 1.165) is 12.1 Å². The van der Waals surface area contributed by atoms with Gasteiger partial charge in [0, 0.05) is 5.56 Å². The highest BCUT2D eigenvalue weighted by atomic mass is 35.5. The number of hydrogen-bond acceptors (Lipinski definition) is 4. The Balaban J connectivity index is 2.47. The Hall–Kier alpha value is -2.02. The summed E-state index contributed by atoms with van der Waals surface area (Å²) >= 11 is 5.70. The molecule has 0 aliphatic carbocycles. The zero-order chi connectivity index (χ0) is 15.8. The standard InChI is InChI=1S/C13H9ClF3N3O/c1-6-5-9(7(2)20-19-6)11(21)8-3-4-10(13(15,16)17)18-12(8)14/h3-5H,1-2H3. The lowest BCUT2D eigenvalue weighted by Crippen LogP contribution is -2.12. The van der Waals surface area contributed by atoms with E-state index in [4.69, 9.17) is 11.6 Å². The Morgan fingerprint density at radius 2 is 1.81 bits per heavy atom. The van der Waals surface area contributed by atoms with E-state index in [1.807, 2.05) is 0 Å². The molecule has 0 radical (unpaired) electrons. The second kappa shape index (κ2) is 5.40. The Morgan fingerprint density at radius 1 is 1.14 bits per heavy atom. The van der Waals surface area contributed by atoms with Crippen LogP contribution in [0.25, 0.3) is 0 Å². The quantitative estimate of drug-likeness (QED) is 0.629. The van der Waals surface area contributed by atoms with Gasteiger partial charge in [-0.25, -0.2) is 4.98 Å². The van der Waals surface area contributed by atoms with Crippen LogP contribution in [0, 0.1) is 13.8 Å². The number of halogens is 4. The number of carbonyl (C=O) groups is 1. The molecule has 0 saturated heterocycles. The largest absolute Gasteiger partial charge is 0.433 e. The number of ketones is 1. The summed E-state index contributed by atoms with van der Waals surface area (Å²) in [6, 6.07) is 3.23. The predicted molar refractivity (Wildman–Crippen MR) is 69.2 cm³/mol. The van der Waals surface area contributed by atoms with E-state index >= 15 is 0 Å². The molecule has 21 heavy (non-hydrogen) atoms. The van der Waals surface area contributed by atoms with Gasteiger partial charge in [0.05, 0.1) is 17.0 Å². The maximum Gasteiger partial charge on any atom is 0.433 e. The molecule has 2 aromatic heterocycles. The van der Waals surface area contributed by atoms with Crippen molar-refractivity contribution in [2.45, 2.75) is 20.0 Å². The van der Waals surface area contributed by atoms with Crippen LogP contribution < -0.4 is 0 Å². The third-order valence-electron chi connectivity index (χ3n) is 2.73. The number of nitrogens with zero attached hydrogens (tertiary/aromatic N) is 3. The van der Waals surface area contributed by atoms with Gasteiger partial charge in [-0.05, 0) is 32.0 Å². The molecule has 4 nitrogen and oxygen atoms in total. The zero-order valence-electron chi connectivity index (χ0n) is 11.0. The van der Waals surface area contributed by atoms with Crippen molar-refractivity contribution in [2.75, 3.05) is 0 Å². The Morgan fingerprint density at radius 3 is 2.38 bits per heavy atom. The molecule has 0 spiro atoms. The first-order valence-corrected chi connectivity index (χ1v) is 6.17. The van der Waals surface area contributed by atoms with E-state index < -0.39 is 22.8 Å². The van der Waals surface area contributed by atoms with E-state index in [-0.39, 0.29) is 11.1 Å². The fourth-order valence-electron chi connectivity index (χ4n) is 1.69. The van der Waals surface area contributed by atoms with Gasteiger partial charge in [-0.2, -0.15) is 23.4 Å². The lowest BCUT2D eigenvalue weighted by molar-refractivity contribution is -0.141. The Labute approximate surface area is 123 Å². The van der Waals surface area contributed by atoms with Gasteiger partial charge < -0.3 is 0 Å². The fraction of sp³-hybridized carbons (Fsp3) is 0.231. The van der Waals surface area contributed by atoms with E-state index in [0.29, 0.717) is 11.4 Å². The number of aromatic nitrogens is 3. The molecular weight excluding hydrogens is 307 g/mol. The van der Waals surface area contributed by atoms with Gasteiger partial charge in [-0.3, -0.25) is 4.79 Å². The first-order chi connectivity index (χ1) is 9.70. The number of pyridine rings is 1. The first kappa shape index (κ1) is 15.4. The van der Waals surface area contributed by atoms with Crippen molar-refractivity contribution < 1.29 is 18.0 Å². The first-order valence-electron chi connectivity index (χ1n) is 5.79. The highest BCUT2D eigenvalue weighted by molar-refractivity contribution is 6.33. The van der Waals surface area contributed by atoms with Crippen LogP contribution in [0.15, 0.2) is 18.2 Å². The maximum absolute atomic E-state index is 12.5. The zero-order valence-corrected chi connectivity index (χ0v) is 11.7. The number of aryl methyl sites for hydroxylation is 2. The van der Waals surface area contributed by atoms with Crippen LogP contribution in [-0.2, 0) is 6.18 Å². The van der Waals surface area contributed by atoms with Crippen LogP contribution in [0.2, 0.25) is 5.15 Å². The monoisotopic (exact) mass is 315 g/mol. The third-order valence-corrected chi connectivity index (χ3v) is 3.02.